The number of aliphatic hydroxyl groups excluding tert-OH is 5. The highest BCUT2D eigenvalue weighted by atomic mass is 16.7. The first-order valence-corrected chi connectivity index (χ1v) is 23.5. The fraction of sp³-hybridized carbons (Fsp3) is 0.936. The normalized spacial score (nSPS) is 51.8. The Bertz CT molecular complexity index is 1800. The summed E-state index contributed by atoms with van der Waals surface area (Å²) in [4.78, 5) is 37.0. The van der Waals surface area contributed by atoms with Crippen molar-refractivity contribution in [1.29, 1.82) is 0 Å². The Morgan fingerprint density at radius 3 is 1.98 bits per heavy atom. The van der Waals surface area contributed by atoms with E-state index in [2.05, 4.69) is 34.6 Å². The molecule has 21 atom stereocenters. The van der Waals surface area contributed by atoms with Crippen molar-refractivity contribution in [2.24, 2.45) is 44.8 Å². The summed E-state index contributed by atoms with van der Waals surface area (Å²) < 4.78 is 49.7. The first-order chi connectivity index (χ1) is 29.7. The number of carbonyl (C=O) groups is 3. The van der Waals surface area contributed by atoms with Gasteiger partial charge in [0.25, 0.3) is 0 Å². The van der Waals surface area contributed by atoms with E-state index in [4.69, 9.17) is 37.9 Å². The number of aliphatic hydroxyl groups is 6. The number of esters is 3. The van der Waals surface area contributed by atoms with E-state index in [0.717, 1.165) is 25.7 Å². The molecule has 0 amide bonds. The van der Waals surface area contributed by atoms with E-state index in [1.54, 1.807) is 13.8 Å². The van der Waals surface area contributed by atoms with Crippen LogP contribution in [0, 0.1) is 44.8 Å². The van der Waals surface area contributed by atoms with Gasteiger partial charge in [-0.1, -0.05) is 27.7 Å². The third-order valence-electron chi connectivity index (χ3n) is 18.5. The van der Waals surface area contributed by atoms with Crippen LogP contribution in [0.5, 0.6) is 0 Å². The minimum Gasteiger partial charge on any atom is -0.456 e. The van der Waals surface area contributed by atoms with E-state index >= 15 is 0 Å². The zero-order valence-corrected chi connectivity index (χ0v) is 39.2. The Hall–Kier alpha value is -2.03. The molecule has 6 N–H and O–H groups in total. The lowest BCUT2D eigenvalue weighted by Gasteiger charge is -2.65. The maximum Gasteiger partial charge on any atom is 0.303 e. The number of ether oxygens (including phenoxy) is 8. The van der Waals surface area contributed by atoms with Crippen molar-refractivity contribution >= 4 is 17.9 Å². The number of hydrogen-bond acceptors (Lipinski definition) is 17. The average Bonchev–Trinajstić information content (AvgIpc) is 3.55. The molecule has 0 radical (unpaired) electrons. The SMILES string of the molecule is CC(=O)O[C@@H]1[C@@H](OC(C)=O)[C@H](O[C@H]2CCC34CC35CC[C@]3(C)C([C@@]6(C)CC[C@@H](C(C)(C)O)O6)C(O)C[C@@]3(C)C5C[C@H](O[C@@H]3O[C@H](CO)[C@@H](O)[C@H](O)[C@H]3O)C4C2(C)C)OC[C@H]1OC(C)=O. The molecular formula is C47H74O17. The van der Waals surface area contributed by atoms with Gasteiger partial charge in [-0.05, 0) is 117 Å². The smallest absolute Gasteiger partial charge is 0.303 e. The van der Waals surface area contributed by atoms with Crippen molar-refractivity contribution in [3.8, 4) is 0 Å². The zero-order chi connectivity index (χ0) is 46.9. The van der Waals surface area contributed by atoms with Gasteiger partial charge < -0.3 is 68.5 Å². The quantitative estimate of drug-likeness (QED) is 0.105. The van der Waals surface area contributed by atoms with Gasteiger partial charge in [-0.15, -0.1) is 0 Å². The van der Waals surface area contributed by atoms with E-state index in [1.165, 1.54) is 20.8 Å². The van der Waals surface area contributed by atoms with Crippen LogP contribution in [-0.2, 0) is 52.3 Å². The summed E-state index contributed by atoms with van der Waals surface area (Å²) in [5.41, 5.74) is -3.59. The zero-order valence-electron chi connectivity index (χ0n) is 39.2. The van der Waals surface area contributed by atoms with Gasteiger partial charge in [-0.3, -0.25) is 14.4 Å². The van der Waals surface area contributed by atoms with E-state index in [9.17, 15) is 45.0 Å². The summed E-state index contributed by atoms with van der Waals surface area (Å²) >= 11 is 0. The van der Waals surface area contributed by atoms with Crippen molar-refractivity contribution in [2.75, 3.05) is 13.2 Å². The van der Waals surface area contributed by atoms with Gasteiger partial charge in [0.1, 0.15) is 24.4 Å². The maximum absolute atomic E-state index is 12.6. The summed E-state index contributed by atoms with van der Waals surface area (Å²) in [6.07, 6.45) is -7.96. The van der Waals surface area contributed by atoms with Crippen molar-refractivity contribution < 1.29 is 82.9 Å². The summed E-state index contributed by atoms with van der Waals surface area (Å²) in [6, 6.07) is 0. The molecule has 17 nitrogen and oxygen atoms in total. The number of fused-ring (bicyclic) bond motifs is 2. The topological polar surface area (TPSA) is 246 Å². The highest BCUT2D eigenvalue weighted by molar-refractivity contribution is 5.68. The van der Waals surface area contributed by atoms with Gasteiger partial charge in [-0.25, -0.2) is 0 Å². The van der Waals surface area contributed by atoms with Gasteiger partial charge in [0, 0.05) is 26.7 Å². The highest BCUT2D eigenvalue weighted by Gasteiger charge is 2.85. The molecule has 2 spiro atoms. The van der Waals surface area contributed by atoms with Crippen LogP contribution in [0.2, 0.25) is 0 Å². The van der Waals surface area contributed by atoms with E-state index in [0.29, 0.717) is 32.1 Å². The summed E-state index contributed by atoms with van der Waals surface area (Å²) in [5, 5.41) is 66.5. The Morgan fingerprint density at radius 1 is 0.719 bits per heavy atom. The second-order valence-electron chi connectivity index (χ2n) is 22.8. The van der Waals surface area contributed by atoms with Crippen LogP contribution in [0.25, 0.3) is 0 Å². The Morgan fingerprint density at radius 2 is 1.38 bits per heavy atom. The van der Waals surface area contributed by atoms with Crippen LogP contribution >= 0.6 is 0 Å². The molecule has 8 fully saturated rings. The van der Waals surface area contributed by atoms with Crippen LogP contribution in [0.3, 0.4) is 0 Å². The summed E-state index contributed by atoms with van der Waals surface area (Å²) in [6.45, 7) is 17.3. The van der Waals surface area contributed by atoms with Crippen LogP contribution in [0.4, 0.5) is 0 Å². The van der Waals surface area contributed by atoms with Gasteiger partial charge in [0.05, 0.1) is 48.8 Å². The molecule has 0 bridgehead atoms. The molecule has 17 heteroatoms. The minimum atomic E-state index is -1.65. The molecule has 0 aromatic heterocycles. The van der Waals surface area contributed by atoms with Crippen LogP contribution < -0.4 is 0 Å². The molecule has 0 aromatic carbocycles. The summed E-state index contributed by atoms with van der Waals surface area (Å²) in [7, 11) is 0. The monoisotopic (exact) mass is 910 g/mol. The first-order valence-electron chi connectivity index (χ1n) is 23.5. The number of carbonyl (C=O) groups excluding carboxylic acids is 3. The second kappa shape index (κ2) is 16.3. The molecule has 364 valence electrons. The number of rotatable bonds is 10. The van der Waals surface area contributed by atoms with Crippen molar-refractivity contribution in [1.82, 2.24) is 0 Å². The van der Waals surface area contributed by atoms with Gasteiger partial charge >= 0.3 is 17.9 Å². The van der Waals surface area contributed by atoms with Crippen LogP contribution in [0.15, 0.2) is 0 Å². The molecule has 5 saturated carbocycles. The molecule has 5 aliphatic carbocycles. The summed E-state index contributed by atoms with van der Waals surface area (Å²) in [5.74, 6) is -2.39. The molecule has 0 aromatic rings. The largest absolute Gasteiger partial charge is 0.456 e. The third kappa shape index (κ3) is 7.39. The Kier molecular flexibility index (Phi) is 12.3. The van der Waals surface area contributed by atoms with Crippen LogP contribution in [-0.4, -0.2) is 153 Å². The van der Waals surface area contributed by atoms with E-state index < -0.39 is 120 Å². The van der Waals surface area contributed by atoms with Crippen molar-refractivity contribution in [3.63, 3.8) is 0 Å². The van der Waals surface area contributed by atoms with E-state index in [-0.39, 0.29) is 46.7 Å². The predicted octanol–water partition coefficient (Wildman–Crippen LogP) is 2.44. The van der Waals surface area contributed by atoms with Crippen molar-refractivity contribution in [2.45, 2.75) is 218 Å². The number of hydrogen-bond donors (Lipinski definition) is 6. The molecule has 3 aliphatic heterocycles. The standard InChI is InChI=1S/C47H74O17/c1-22(49)58-28-20-57-40(36(60-24(3)51)35(28)59-23(2)50)63-30-12-14-47-21-46(47)16-15-43(8)37(45(10)13-11-31(64-45)42(6,7)56)25(52)18-44(43,9)29(46)17-26(38(47)41(30,4)5)61-39-34(55)33(54)32(53)27(19-48)62-39/h25-40,48,52-56H,11-21H2,1-10H3/t25?,26-,27+,28+,29?,30-,31-,32+,33-,34+,35-,36+,37?,38?,39+,40-,43+,44-,45+,46?,47?/m0/s1. The molecule has 8 aliphatic rings. The lowest BCUT2D eigenvalue weighted by atomic mass is 9.41. The third-order valence-corrected chi connectivity index (χ3v) is 18.5. The maximum atomic E-state index is 12.6. The fourth-order valence-corrected chi connectivity index (χ4v) is 15.8. The van der Waals surface area contributed by atoms with E-state index in [1.807, 2.05) is 0 Å². The highest BCUT2D eigenvalue weighted by Crippen LogP contribution is 2.89. The molecule has 6 unspecified atom stereocenters. The molecular weight excluding hydrogens is 837 g/mol. The Labute approximate surface area is 376 Å². The molecule has 3 saturated heterocycles. The Balaban J connectivity index is 1.14. The van der Waals surface area contributed by atoms with Crippen molar-refractivity contribution in [3.05, 3.63) is 0 Å². The van der Waals surface area contributed by atoms with Gasteiger partial charge in [0.15, 0.2) is 30.9 Å². The average molecular weight is 911 g/mol. The molecule has 64 heavy (non-hydrogen) atoms. The lowest BCUT2D eigenvalue weighted by molar-refractivity contribution is -0.339. The van der Waals surface area contributed by atoms with Gasteiger partial charge in [-0.2, -0.15) is 0 Å². The fourth-order valence-electron chi connectivity index (χ4n) is 15.8. The van der Waals surface area contributed by atoms with Gasteiger partial charge in [0.2, 0.25) is 0 Å². The first kappa shape index (κ1) is 48.4. The minimum absolute atomic E-state index is 0.0469. The lowest BCUT2D eigenvalue weighted by Crippen LogP contribution is -2.65. The second-order valence-corrected chi connectivity index (χ2v) is 22.8. The van der Waals surface area contributed by atoms with Crippen LogP contribution in [0.1, 0.15) is 127 Å². The molecule has 3 heterocycles. The predicted molar refractivity (Wildman–Crippen MR) is 222 cm³/mol. The molecule has 8 rings (SSSR count).